The molecule has 1 saturated carbocycles. The van der Waals surface area contributed by atoms with Gasteiger partial charge >= 0.3 is 0 Å². The van der Waals surface area contributed by atoms with Crippen molar-refractivity contribution in [2.75, 3.05) is 13.1 Å². The van der Waals surface area contributed by atoms with E-state index in [1.807, 2.05) is 0 Å². The van der Waals surface area contributed by atoms with Gasteiger partial charge in [0.15, 0.2) is 0 Å². The molecule has 1 atom stereocenters. The van der Waals surface area contributed by atoms with Crippen molar-refractivity contribution in [1.82, 2.24) is 4.90 Å². The molecule has 2 N–H and O–H groups in total. The van der Waals surface area contributed by atoms with Crippen LogP contribution >= 0.6 is 0 Å². The molecule has 0 radical (unpaired) electrons. The molecule has 1 saturated heterocycles. The molecule has 0 unspecified atom stereocenters. The quantitative estimate of drug-likeness (QED) is 0.674. The molecule has 70 valence electrons. The van der Waals surface area contributed by atoms with Crippen LogP contribution < -0.4 is 5.73 Å². The lowest BCUT2D eigenvalue weighted by molar-refractivity contribution is 0.0289. The van der Waals surface area contributed by atoms with E-state index in [9.17, 15) is 0 Å². The second kappa shape index (κ2) is 3.75. The van der Waals surface area contributed by atoms with Gasteiger partial charge in [-0.05, 0) is 19.3 Å². The highest BCUT2D eigenvalue weighted by atomic mass is 15.2. The van der Waals surface area contributed by atoms with Crippen molar-refractivity contribution in [2.24, 2.45) is 5.73 Å². The summed E-state index contributed by atoms with van der Waals surface area (Å²) in [5.41, 5.74) is 5.69. The molecule has 0 amide bonds. The molecule has 1 heterocycles. The average molecular weight is 168 g/mol. The molecule has 0 aromatic carbocycles. The first-order valence-electron chi connectivity index (χ1n) is 5.37. The third-order valence-electron chi connectivity index (χ3n) is 3.51. The molecule has 0 spiro atoms. The Morgan fingerprint density at radius 1 is 1.08 bits per heavy atom. The summed E-state index contributed by atoms with van der Waals surface area (Å²) in [6.45, 7) is 2.18. The number of likely N-dealkylation sites (tertiary alicyclic amines) is 1. The minimum absolute atomic E-state index is 0.730. The van der Waals surface area contributed by atoms with Gasteiger partial charge in [-0.3, -0.25) is 4.90 Å². The van der Waals surface area contributed by atoms with Gasteiger partial charge in [-0.2, -0.15) is 0 Å². The summed E-state index contributed by atoms with van der Waals surface area (Å²) in [6.07, 6.45) is 8.54. The summed E-state index contributed by atoms with van der Waals surface area (Å²) in [7, 11) is 0. The van der Waals surface area contributed by atoms with Crippen molar-refractivity contribution in [3.63, 3.8) is 0 Å². The first kappa shape index (κ1) is 8.52. The lowest BCUT2D eigenvalue weighted by Crippen LogP contribution is -2.56. The third-order valence-corrected chi connectivity index (χ3v) is 3.51. The van der Waals surface area contributed by atoms with Crippen LogP contribution in [0.1, 0.15) is 38.5 Å². The standard InChI is InChI=1S/C10H20N2/c11-8-10-6-7-12(10)9-4-2-1-3-5-9/h9-10H,1-8,11H2/t10-/m1/s1. The molecule has 2 aliphatic rings. The number of nitrogens with two attached hydrogens (primary N) is 1. The lowest BCUT2D eigenvalue weighted by Gasteiger charge is -2.47. The second-order valence-corrected chi connectivity index (χ2v) is 4.21. The largest absolute Gasteiger partial charge is 0.329 e. The molecule has 12 heavy (non-hydrogen) atoms. The van der Waals surface area contributed by atoms with Crippen LogP contribution in [-0.4, -0.2) is 30.1 Å². The Morgan fingerprint density at radius 3 is 2.33 bits per heavy atom. The van der Waals surface area contributed by atoms with Crippen LogP contribution in [-0.2, 0) is 0 Å². The molecule has 1 aliphatic carbocycles. The molecule has 2 heteroatoms. The van der Waals surface area contributed by atoms with Crippen molar-refractivity contribution >= 4 is 0 Å². The topological polar surface area (TPSA) is 29.3 Å². The fraction of sp³-hybridized carbons (Fsp3) is 1.00. The highest BCUT2D eigenvalue weighted by Gasteiger charge is 2.32. The molecular formula is C10H20N2. The normalized spacial score (nSPS) is 33.2. The molecule has 0 bridgehead atoms. The van der Waals surface area contributed by atoms with E-state index < -0.39 is 0 Å². The van der Waals surface area contributed by atoms with Gasteiger partial charge in [-0.25, -0.2) is 0 Å². The van der Waals surface area contributed by atoms with Crippen molar-refractivity contribution in [2.45, 2.75) is 50.6 Å². The summed E-state index contributed by atoms with van der Waals surface area (Å²) in [5.74, 6) is 0. The van der Waals surface area contributed by atoms with E-state index in [4.69, 9.17) is 5.73 Å². The molecule has 0 aromatic rings. The Balaban J connectivity index is 1.82. The Bertz CT molecular complexity index is 139. The number of hydrogen-bond acceptors (Lipinski definition) is 2. The lowest BCUT2D eigenvalue weighted by atomic mass is 9.89. The first-order chi connectivity index (χ1) is 5.92. The molecule has 1 aliphatic heterocycles. The van der Waals surface area contributed by atoms with Crippen molar-refractivity contribution < 1.29 is 0 Å². The SMILES string of the molecule is NC[C@H]1CCN1C1CCCCC1. The van der Waals surface area contributed by atoms with Crippen molar-refractivity contribution in [3.8, 4) is 0 Å². The predicted octanol–water partition coefficient (Wildman–Crippen LogP) is 1.35. The average Bonchev–Trinajstić information content (AvgIpc) is 2.05. The van der Waals surface area contributed by atoms with E-state index in [0.29, 0.717) is 0 Å². The van der Waals surface area contributed by atoms with E-state index in [2.05, 4.69) is 4.90 Å². The molecule has 0 aromatic heterocycles. The second-order valence-electron chi connectivity index (χ2n) is 4.21. The number of rotatable bonds is 2. The predicted molar refractivity (Wildman–Crippen MR) is 51.0 cm³/mol. The minimum atomic E-state index is 0.730. The van der Waals surface area contributed by atoms with Crippen LogP contribution in [0.25, 0.3) is 0 Å². The van der Waals surface area contributed by atoms with Crippen molar-refractivity contribution in [1.29, 1.82) is 0 Å². The van der Waals surface area contributed by atoms with Gasteiger partial charge in [0, 0.05) is 25.2 Å². The monoisotopic (exact) mass is 168 g/mol. The fourth-order valence-electron chi connectivity index (χ4n) is 2.61. The van der Waals surface area contributed by atoms with Crippen molar-refractivity contribution in [3.05, 3.63) is 0 Å². The summed E-state index contributed by atoms with van der Waals surface area (Å²) in [5, 5.41) is 0. The molecule has 2 rings (SSSR count). The Labute approximate surface area is 75.1 Å². The van der Waals surface area contributed by atoms with E-state index in [1.54, 1.807) is 0 Å². The fourth-order valence-corrected chi connectivity index (χ4v) is 2.61. The minimum Gasteiger partial charge on any atom is -0.329 e. The summed E-state index contributed by atoms with van der Waals surface area (Å²) < 4.78 is 0. The number of nitrogens with zero attached hydrogens (tertiary/aromatic N) is 1. The van der Waals surface area contributed by atoms with Crippen LogP contribution in [0, 0.1) is 0 Å². The van der Waals surface area contributed by atoms with Gasteiger partial charge in [-0.15, -0.1) is 0 Å². The summed E-state index contributed by atoms with van der Waals surface area (Å²) in [6, 6.07) is 1.62. The van der Waals surface area contributed by atoms with Crippen LogP contribution in [0.15, 0.2) is 0 Å². The molecule has 2 nitrogen and oxygen atoms in total. The van der Waals surface area contributed by atoms with Crippen LogP contribution in [0.5, 0.6) is 0 Å². The van der Waals surface area contributed by atoms with Crippen LogP contribution in [0.2, 0.25) is 0 Å². The van der Waals surface area contributed by atoms with Gasteiger partial charge in [0.25, 0.3) is 0 Å². The maximum atomic E-state index is 5.69. The Kier molecular flexibility index (Phi) is 2.66. The number of hydrogen-bond donors (Lipinski definition) is 1. The zero-order chi connectivity index (χ0) is 8.39. The smallest absolute Gasteiger partial charge is 0.0233 e. The van der Waals surface area contributed by atoms with Gasteiger partial charge in [-0.1, -0.05) is 19.3 Å². The zero-order valence-corrected chi connectivity index (χ0v) is 7.84. The van der Waals surface area contributed by atoms with E-state index >= 15 is 0 Å². The van der Waals surface area contributed by atoms with Crippen LogP contribution in [0.3, 0.4) is 0 Å². The Hall–Kier alpha value is -0.0800. The maximum absolute atomic E-state index is 5.69. The van der Waals surface area contributed by atoms with Gasteiger partial charge in [0.05, 0.1) is 0 Å². The Morgan fingerprint density at radius 2 is 1.83 bits per heavy atom. The van der Waals surface area contributed by atoms with E-state index in [0.717, 1.165) is 18.6 Å². The maximum Gasteiger partial charge on any atom is 0.0233 e. The van der Waals surface area contributed by atoms with Crippen LogP contribution in [0.4, 0.5) is 0 Å². The van der Waals surface area contributed by atoms with Gasteiger partial charge in [0.1, 0.15) is 0 Å². The summed E-state index contributed by atoms with van der Waals surface area (Å²) >= 11 is 0. The first-order valence-corrected chi connectivity index (χ1v) is 5.37. The molecule has 2 fully saturated rings. The third kappa shape index (κ3) is 1.50. The molecular weight excluding hydrogens is 148 g/mol. The van der Waals surface area contributed by atoms with Gasteiger partial charge < -0.3 is 5.73 Å². The van der Waals surface area contributed by atoms with E-state index in [-0.39, 0.29) is 0 Å². The summed E-state index contributed by atoms with van der Waals surface area (Å²) in [4.78, 5) is 2.64. The van der Waals surface area contributed by atoms with Gasteiger partial charge in [0.2, 0.25) is 0 Å². The zero-order valence-electron chi connectivity index (χ0n) is 7.84. The van der Waals surface area contributed by atoms with E-state index in [1.165, 1.54) is 45.1 Å². The highest BCUT2D eigenvalue weighted by Crippen LogP contribution is 2.29. The highest BCUT2D eigenvalue weighted by molar-refractivity contribution is 4.89.